The lowest BCUT2D eigenvalue weighted by atomic mass is 9.33. The summed E-state index contributed by atoms with van der Waals surface area (Å²) >= 11 is 0. The average molecular weight is 1100 g/mol. The number of anilines is 9. The fourth-order valence-electron chi connectivity index (χ4n) is 13.8. The third-order valence-corrected chi connectivity index (χ3v) is 18.5. The molecular weight excluding hydrogens is 1030 g/mol. The molecule has 3 aliphatic rings. The zero-order chi connectivity index (χ0) is 58.7. The third kappa shape index (κ3) is 9.21. The highest BCUT2D eigenvalue weighted by Gasteiger charge is 2.46. The monoisotopic (exact) mass is 1100 g/mol. The molecule has 0 saturated heterocycles. The predicted molar refractivity (Wildman–Crippen MR) is 365 cm³/mol. The second kappa shape index (κ2) is 20.0. The van der Waals surface area contributed by atoms with Gasteiger partial charge in [-0.25, -0.2) is 0 Å². The Morgan fingerprint density at radius 3 is 1.38 bits per heavy atom. The lowest BCUT2D eigenvalue weighted by Crippen LogP contribution is -2.61. The van der Waals surface area contributed by atoms with Crippen LogP contribution in [-0.4, -0.2) is 6.71 Å². The van der Waals surface area contributed by atoms with Crippen molar-refractivity contribution in [3.05, 3.63) is 277 Å². The maximum atomic E-state index is 2.65. The van der Waals surface area contributed by atoms with Crippen molar-refractivity contribution in [2.24, 2.45) is 0 Å². The molecular formula is C81H74BN3. The predicted octanol–water partition coefficient (Wildman–Crippen LogP) is 20.4. The Morgan fingerprint density at radius 2 is 0.800 bits per heavy atom. The van der Waals surface area contributed by atoms with Gasteiger partial charge < -0.3 is 14.7 Å². The molecule has 0 fully saturated rings. The summed E-state index contributed by atoms with van der Waals surface area (Å²) in [7, 11) is 0. The van der Waals surface area contributed by atoms with Crippen molar-refractivity contribution >= 4 is 74.3 Å². The molecule has 0 bridgehead atoms. The largest absolute Gasteiger partial charge is 0.311 e. The second-order valence-electron chi connectivity index (χ2n) is 27.5. The molecule has 416 valence electrons. The maximum absolute atomic E-state index is 2.65. The summed E-state index contributed by atoms with van der Waals surface area (Å²) in [6, 6.07) is 94.2. The Kier molecular flexibility index (Phi) is 12.7. The van der Waals surface area contributed by atoms with Crippen LogP contribution in [0.4, 0.5) is 51.2 Å². The van der Waals surface area contributed by atoms with Crippen molar-refractivity contribution in [2.45, 2.75) is 97.8 Å². The molecule has 4 heteroatoms. The molecule has 0 radical (unpaired) electrons. The molecule has 2 aliphatic heterocycles. The normalized spacial score (nSPS) is 13.8. The van der Waals surface area contributed by atoms with Gasteiger partial charge in [0.15, 0.2) is 0 Å². The van der Waals surface area contributed by atoms with Gasteiger partial charge in [0.05, 0.1) is 5.69 Å². The van der Waals surface area contributed by atoms with E-state index in [1.807, 2.05) is 0 Å². The van der Waals surface area contributed by atoms with E-state index in [1.165, 1.54) is 117 Å². The van der Waals surface area contributed by atoms with Crippen LogP contribution in [0.2, 0.25) is 0 Å². The number of rotatable bonds is 8. The number of hydrogen-bond donors (Lipinski definition) is 0. The highest BCUT2D eigenvalue weighted by Crippen LogP contribution is 2.54. The topological polar surface area (TPSA) is 9.72 Å². The molecule has 1 aliphatic carbocycles. The van der Waals surface area contributed by atoms with Gasteiger partial charge in [-0.1, -0.05) is 246 Å². The summed E-state index contributed by atoms with van der Waals surface area (Å²) in [5.41, 5.74) is 30.2. The Morgan fingerprint density at radius 1 is 0.318 bits per heavy atom. The molecule has 0 aromatic heterocycles. The van der Waals surface area contributed by atoms with Crippen LogP contribution in [0.1, 0.15) is 104 Å². The minimum absolute atomic E-state index is 0.0540. The Bertz CT molecular complexity index is 4290. The van der Waals surface area contributed by atoms with E-state index in [2.05, 4.69) is 340 Å². The van der Waals surface area contributed by atoms with Crippen LogP contribution in [0.5, 0.6) is 0 Å². The first-order valence-corrected chi connectivity index (χ1v) is 30.4. The first kappa shape index (κ1) is 53.9. The highest BCUT2D eigenvalue weighted by atomic mass is 15.2. The van der Waals surface area contributed by atoms with Gasteiger partial charge in [0.2, 0.25) is 0 Å². The Hall–Kier alpha value is -9.12. The molecule has 0 unspecified atom stereocenters. The van der Waals surface area contributed by atoms with Gasteiger partial charge >= 0.3 is 0 Å². The molecule has 0 saturated carbocycles. The van der Waals surface area contributed by atoms with Gasteiger partial charge in [-0.15, -0.1) is 0 Å². The zero-order valence-corrected chi connectivity index (χ0v) is 51.1. The SMILES string of the molecule is CC(C)(C)c1ccc2c(c1)B1c3ccc(N(c4ccc(-c5ccccc5)cc4)c4ccc(-c5ccccc5)cc4)cc3N(c3ccc4c(c3)C(C)(C)c3ccccc3-4)c3cc(C(C)(C)C)cc(c31)N2c1ccc(C(C)(C)C)cc1-c1ccccc1. The van der Waals surface area contributed by atoms with Crippen molar-refractivity contribution in [1.82, 2.24) is 0 Å². The Balaban J connectivity index is 1.06. The summed E-state index contributed by atoms with van der Waals surface area (Å²) in [5.74, 6) is 0. The number of benzene rings is 11. The van der Waals surface area contributed by atoms with E-state index < -0.39 is 0 Å². The van der Waals surface area contributed by atoms with Gasteiger partial charge in [0.25, 0.3) is 6.71 Å². The number of nitrogens with zero attached hydrogens (tertiary/aromatic N) is 3. The van der Waals surface area contributed by atoms with E-state index in [1.54, 1.807) is 0 Å². The first-order chi connectivity index (χ1) is 40.8. The minimum Gasteiger partial charge on any atom is -0.311 e. The zero-order valence-electron chi connectivity index (χ0n) is 51.1. The van der Waals surface area contributed by atoms with Crippen LogP contribution in [-0.2, 0) is 21.7 Å². The molecule has 11 aromatic rings. The molecule has 0 N–H and O–H groups in total. The van der Waals surface area contributed by atoms with Gasteiger partial charge in [0, 0.05) is 56.5 Å². The summed E-state index contributed by atoms with van der Waals surface area (Å²) in [4.78, 5) is 7.74. The van der Waals surface area contributed by atoms with Crippen LogP contribution < -0.4 is 31.1 Å². The van der Waals surface area contributed by atoms with E-state index in [9.17, 15) is 0 Å². The van der Waals surface area contributed by atoms with E-state index in [0.29, 0.717) is 0 Å². The molecule has 3 nitrogen and oxygen atoms in total. The van der Waals surface area contributed by atoms with Crippen LogP contribution in [0.3, 0.4) is 0 Å². The number of fused-ring (bicyclic) bond motifs is 7. The molecule has 11 aromatic carbocycles. The molecule has 85 heavy (non-hydrogen) atoms. The van der Waals surface area contributed by atoms with E-state index in [0.717, 1.165) is 22.7 Å². The van der Waals surface area contributed by atoms with Crippen molar-refractivity contribution in [1.29, 1.82) is 0 Å². The second-order valence-corrected chi connectivity index (χ2v) is 27.5. The third-order valence-electron chi connectivity index (χ3n) is 18.5. The van der Waals surface area contributed by atoms with Gasteiger partial charge in [-0.2, -0.15) is 0 Å². The highest BCUT2D eigenvalue weighted by molar-refractivity contribution is 7.00. The lowest BCUT2D eigenvalue weighted by Gasteiger charge is -2.46. The van der Waals surface area contributed by atoms with Gasteiger partial charge in [-0.05, 0) is 178 Å². The van der Waals surface area contributed by atoms with Crippen LogP contribution in [0.15, 0.2) is 249 Å². The van der Waals surface area contributed by atoms with Gasteiger partial charge in [-0.3, -0.25) is 0 Å². The first-order valence-electron chi connectivity index (χ1n) is 30.4. The lowest BCUT2D eigenvalue weighted by molar-refractivity contribution is 0.590. The molecule has 0 amide bonds. The molecule has 0 spiro atoms. The summed E-state index contributed by atoms with van der Waals surface area (Å²) < 4.78 is 0. The van der Waals surface area contributed by atoms with Gasteiger partial charge in [0.1, 0.15) is 0 Å². The number of hydrogen-bond acceptors (Lipinski definition) is 3. The molecule has 2 heterocycles. The summed E-state index contributed by atoms with van der Waals surface area (Å²) in [5, 5.41) is 0. The molecule has 0 atom stereocenters. The molecule has 14 rings (SSSR count). The van der Waals surface area contributed by atoms with E-state index >= 15 is 0 Å². The van der Waals surface area contributed by atoms with Crippen LogP contribution >= 0.6 is 0 Å². The standard InChI is InChI=1S/C81H74BN3/c1-78(2,3)58-35-45-72(67(47-58)57-27-19-14-20-28-57)85-73-46-36-59(79(4,5)6)48-71(73)82-70-44-42-64(83(61-37-31-55(32-38-61)53-23-15-12-16-24-53)62-39-33-56(34-40-62)54-25-17-13-18-26-54)52-74(70)84(75-49-60(80(7,8)9)50-76(85)77(75)82)63-41-43-66-65-29-21-22-30-68(65)81(10,11)69(66)51-63/h12-52H,1-11H3. The van der Waals surface area contributed by atoms with Crippen molar-refractivity contribution in [3.8, 4) is 44.5 Å². The average Bonchev–Trinajstić information content (AvgIpc) is 2.50. The van der Waals surface area contributed by atoms with E-state index in [-0.39, 0.29) is 28.4 Å². The minimum atomic E-state index is -0.210. The summed E-state index contributed by atoms with van der Waals surface area (Å²) in [6.07, 6.45) is 0. The fourth-order valence-corrected chi connectivity index (χ4v) is 13.8. The fraction of sp³-hybridized carbons (Fsp3) is 0.185. The van der Waals surface area contributed by atoms with E-state index in [4.69, 9.17) is 0 Å². The van der Waals surface area contributed by atoms with Crippen molar-refractivity contribution in [2.75, 3.05) is 14.7 Å². The summed E-state index contributed by atoms with van der Waals surface area (Å²) in [6.45, 7) is 25.9. The smallest absolute Gasteiger partial charge is 0.252 e. The van der Waals surface area contributed by atoms with Crippen LogP contribution in [0.25, 0.3) is 44.5 Å². The quantitative estimate of drug-likeness (QED) is 0.140. The van der Waals surface area contributed by atoms with Crippen molar-refractivity contribution in [3.63, 3.8) is 0 Å². The Labute approximate surface area is 505 Å². The van der Waals surface area contributed by atoms with Crippen LogP contribution in [0, 0.1) is 0 Å². The maximum Gasteiger partial charge on any atom is 0.252 e. The van der Waals surface area contributed by atoms with Crippen molar-refractivity contribution < 1.29 is 0 Å².